The molecule has 4 heteroatoms. The van der Waals surface area contributed by atoms with Gasteiger partial charge in [-0.1, -0.05) is 13.8 Å². The van der Waals surface area contributed by atoms with Gasteiger partial charge in [-0.25, -0.2) is 0 Å². The van der Waals surface area contributed by atoms with Crippen LogP contribution in [0.3, 0.4) is 0 Å². The van der Waals surface area contributed by atoms with E-state index in [4.69, 9.17) is 9.47 Å². The highest BCUT2D eigenvalue weighted by atomic mass is 16.6. The molecular weight excluding hydrogens is 170 g/mol. The molecule has 0 saturated carbocycles. The van der Waals surface area contributed by atoms with Crippen LogP contribution in [0.4, 0.5) is 0 Å². The average molecular weight is 187 g/mol. The monoisotopic (exact) mass is 187 g/mol. The lowest BCUT2D eigenvalue weighted by atomic mass is 10.3. The Morgan fingerprint density at radius 2 is 2.46 bits per heavy atom. The first-order valence-electron chi connectivity index (χ1n) is 4.69. The number of hydrogen-bond donors (Lipinski definition) is 1. The van der Waals surface area contributed by atoms with Crippen molar-refractivity contribution in [3.05, 3.63) is 0 Å². The minimum absolute atomic E-state index is 0.0264. The van der Waals surface area contributed by atoms with Crippen molar-refractivity contribution in [1.82, 2.24) is 5.32 Å². The van der Waals surface area contributed by atoms with Gasteiger partial charge in [-0.05, 0) is 0 Å². The van der Waals surface area contributed by atoms with E-state index in [1.54, 1.807) is 0 Å². The molecule has 13 heavy (non-hydrogen) atoms. The van der Waals surface area contributed by atoms with Crippen LogP contribution in [0.25, 0.3) is 0 Å². The zero-order chi connectivity index (χ0) is 9.68. The van der Waals surface area contributed by atoms with E-state index >= 15 is 0 Å². The normalized spacial score (nSPS) is 22.2. The topological polar surface area (TPSA) is 47.6 Å². The molecule has 0 aromatic carbocycles. The van der Waals surface area contributed by atoms with Crippen molar-refractivity contribution in [3.8, 4) is 0 Å². The highest BCUT2D eigenvalue weighted by Crippen LogP contribution is 2.07. The Morgan fingerprint density at radius 1 is 1.69 bits per heavy atom. The van der Waals surface area contributed by atoms with Crippen molar-refractivity contribution in [2.24, 2.45) is 0 Å². The molecule has 0 aliphatic carbocycles. The molecule has 1 aliphatic heterocycles. The summed E-state index contributed by atoms with van der Waals surface area (Å²) in [6.45, 7) is 5.52. The number of ether oxygens (including phenoxy) is 2. The molecule has 0 spiro atoms. The summed E-state index contributed by atoms with van der Waals surface area (Å²) in [5.74, 6) is -0.191. The summed E-state index contributed by atoms with van der Waals surface area (Å²) in [5.41, 5.74) is 0. The van der Waals surface area contributed by atoms with E-state index in [2.05, 4.69) is 5.32 Å². The van der Waals surface area contributed by atoms with Gasteiger partial charge in [-0.15, -0.1) is 0 Å². The molecule has 4 nitrogen and oxygen atoms in total. The Labute approximate surface area is 78.6 Å². The lowest BCUT2D eigenvalue weighted by molar-refractivity contribution is -0.147. The fourth-order valence-corrected chi connectivity index (χ4v) is 1.12. The molecule has 1 saturated heterocycles. The highest BCUT2D eigenvalue weighted by molar-refractivity contribution is 5.71. The second-order valence-electron chi connectivity index (χ2n) is 3.51. The molecule has 1 aliphatic rings. The van der Waals surface area contributed by atoms with Crippen LogP contribution in [0.2, 0.25) is 0 Å². The molecule has 76 valence electrons. The van der Waals surface area contributed by atoms with Crippen molar-refractivity contribution < 1.29 is 14.3 Å². The number of carbonyl (C=O) groups is 1. The van der Waals surface area contributed by atoms with Crippen molar-refractivity contribution in [1.29, 1.82) is 0 Å². The quantitative estimate of drug-likeness (QED) is 0.644. The van der Waals surface area contributed by atoms with Crippen molar-refractivity contribution in [2.75, 3.05) is 19.8 Å². The third-order valence-corrected chi connectivity index (χ3v) is 1.84. The van der Waals surface area contributed by atoms with Crippen LogP contribution in [0.15, 0.2) is 0 Å². The van der Waals surface area contributed by atoms with Gasteiger partial charge in [-0.3, -0.25) is 4.79 Å². The lowest BCUT2D eigenvalue weighted by Crippen LogP contribution is -2.32. The molecule has 1 rings (SSSR count). The van der Waals surface area contributed by atoms with Crippen LogP contribution >= 0.6 is 0 Å². The minimum Gasteiger partial charge on any atom is -0.459 e. The second kappa shape index (κ2) is 5.19. The number of esters is 1. The smallest absolute Gasteiger partial charge is 0.320 e. The van der Waals surface area contributed by atoms with Gasteiger partial charge >= 0.3 is 5.97 Å². The molecule has 0 radical (unpaired) electrons. The zero-order valence-corrected chi connectivity index (χ0v) is 8.21. The summed E-state index contributed by atoms with van der Waals surface area (Å²) in [7, 11) is 0. The van der Waals surface area contributed by atoms with E-state index in [1.165, 1.54) is 0 Å². The number of rotatable bonds is 4. The molecular formula is C9H17NO3. The minimum atomic E-state index is -0.191. The van der Waals surface area contributed by atoms with E-state index in [-0.39, 0.29) is 18.6 Å². The third-order valence-electron chi connectivity index (χ3n) is 1.84. The van der Waals surface area contributed by atoms with Crippen molar-refractivity contribution >= 4 is 5.97 Å². The molecule has 1 atom stereocenters. The van der Waals surface area contributed by atoms with Gasteiger partial charge in [-0.2, -0.15) is 0 Å². The lowest BCUT2D eigenvalue weighted by Gasteiger charge is -2.11. The zero-order valence-electron chi connectivity index (χ0n) is 8.21. The first kappa shape index (κ1) is 10.5. The van der Waals surface area contributed by atoms with E-state index in [9.17, 15) is 4.79 Å². The average Bonchev–Trinajstić information content (AvgIpc) is 2.53. The van der Waals surface area contributed by atoms with Crippen LogP contribution in [0, 0.1) is 0 Å². The maximum absolute atomic E-state index is 11.2. The summed E-state index contributed by atoms with van der Waals surface area (Å²) in [5, 5.41) is 3.00. The Bertz CT molecular complexity index is 164. The fourth-order valence-electron chi connectivity index (χ4n) is 1.12. The fraction of sp³-hybridized carbons (Fsp3) is 0.889. The van der Waals surface area contributed by atoms with Crippen molar-refractivity contribution in [2.45, 2.75) is 32.4 Å². The van der Waals surface area contributed by atoms with Gasteiger partial charge in [0, 0.05) is 12.5 Å². The van der Waals surface area contributed by atoms with Crippen LogP contribution < -0.4 is 5.32 Å². The largest absolute Gasteiger partial charge is 0.459 e. The first-order valence-corrected chi connectivity index (χ1v) is 4.69. The van der Waals surface area contributed by atoms with Crippen molar-refractivity contribution in [3.63, 3.8) is 0 Å². The van der Waals surface area contributed by atoms with Gasteiger partial charge < -0.3 is 14.8 Å². The van der Waals surface area contributed by atoms with Gasteiger partial charge in [0.05, 0.1) is 19.8 Å². The Balaban J connectivity index is 2.09. The van der Waals surface area contributed by atoms with Gasteiger partial charge in [0.25, 0.3) is 0 Å². The molecule has 0 aromatic heterocycles. The Morgan fingerprint density at radius 3 is 3.00 bits per heavy atom. The second-order valence-corrected chi connectivity index (χ2v) is 3.51. The molecule has 0 bridgehead atoms. The molecule has 1 N–H and O–H groups in total. The summed E-state index contributed by atoms with van der Waals surface area (Å²) in [4.78, 5) is 11.2. The van der Waals surface area contributed by atoms with E-state index in [0.29, 0.717) is 19.3 Å². The summed E-state index contributed by atoms with van der Waals surface area (Å²) < 4.78 is 10.2. The van der Waals surface area contributed by atoms with E-state index < -0.39 is 0 Å². The maximum Gasteiger partial charge on any atom is 0.320 e. The predicted molar refractivity (Wildman–Crippen MR) is 48.5 cm³/mol. The molecule has 1 unspecified atom stereocenters. The number of nitrogens with one attached hydrogen (secondary N) is 1. The summed E-state index contributed by atoms with van der Waals surface area (Å²) in [6.07, 6.45) is 0.800. The van der Waals surface area contributed by atoms with Crippen LogP contribution in [0.1, 0.15) is 20.3 Å². The van der Waals surface area contributed by atoms with Gasteiger partial charge in [0.15, 0.2) is 0 Å². The molecule has 1 heterocycles. The summed E-state index contributed by atoms with van der Waals surface area (Å²) in [6, 6.07) is 0.312. The van der Waals surface area contributed by atoms with Crippen LogP contribution in [0.5, 0.6) is 0 Å². The SMILES string of the molecule is CC(C)NCC(=O)OC1CCOC1. The Hall–Kier alpha value is -0.610. The predicted octanol–water partition coefficient (Wildman–Crippen LogP) is 0.316. The first-order chi connectivity index (χ1) is 6.18. The Kier molecular flexibility index (Phi) is 4.18. The maximum atomic E-state index is 11.2. The van der Waals surface area contributed by atoms with E-state index in [1.807, 2.05) is 13.8 Å². The van der Waals surface area contributed by atoms with E-state index in [0.717, 1.165) is 6.42 Å². The molecule has 0 aromatic rings. The standard InChI is InChI=1S/C9H17NO3/c1-7(2)10-5-9(11)13-8-3-4-12-6-8/h7-8,10H,3-6H2,1-2H3. The highest BCUT2D eigenvalue weighted by Gasteiger charge is 2.19. The summed E-state index contributed by atoms with van der Waals surface area (Å²) >= 11 is 0. The number of hydrogen-bond acceptors (Lipinski definition) is 4. The van der Waals surface area contributed by atoms with Crippen LogP contribution in [-0.4, -0.2) is 37.9 Å². The third kappa shape index (κ3) is 4.24. The van der Waals surface area contributed by atoms with Crippen LogP contribution in [-0.2, 0) is 14.3 Å². The number of carbonyl (C=O) groups excluding carboxylic acids is 1. The molecule has 0 amide bonds. The molecule has 1 fully saturated rings. The van der Waals surface area contributed by atoms with Gasteiger partial charge in [0.1, 0.15) is 6.10 Å². The van der Waals surface area contributed by atoms with Gasteiger partial charge in [0.2, 0.25) is 0 Å².